The van der Waals surface area contributed by atoms with E-state index in [9.17, 15) is 4.79 Å². The van der Waals surface area contributed by atoms with E-state index < -0.39 is 41.2 Å². The summed E-state index contributed by atoms with van der Waals surface area (Å²) < 4.78 is 32.2. The van der Waals surface area contributed by atoms with Crippen LogP contribution in [0.15, 0.2) is 0 Å². The van der Waals surface area contributed by atoms with E-state index >= 15 is 0 Å². The van der Waals surface area contributed by atoms with E-state index in [0.717, 1.165) is 5.75 Å². The minimum Gasteiger partial charge on any atom is -0.459 e. The summed E-state index contributed by atoms with van der Waals surface area (Å²) in [5.41, 5.74) is 0. The van der Waals surface area contributed by atoms with E-state index in [1.165, 1.54) is 6.92 Å². The molecular weight excluding hydrogens is 472 g/mol. The van der Waals surface area contributed by atoms with E-state index in [1.807, 2.05) is 13.8 Å². The quantitative estimate of drug-likeness (QED) is 0.123. The van der Waals surface area contributed by atoms with Crippen molar-refractivity contribution in [3.05, 3.63) is 0 Å². The maximum absolute atomic E-state index is 12.2. The number of rotatable bonds is 13. The van der Waals surface area contributed by atoms with Gasteiger partial charge in [-0.2, -0.15) is 11.8 Å². The summed E-state index contributed by atoms with van der Waals surface area (Å²) in [6, 6.07) is 0. The largest absolute Gasteiger partial charge is 0.459 e. The Hall–Kier alpha value is 0.0938. The molecule has 0 bridgehead atoms. The Morgan fingerprint density at radius 2 is 1.27 bits per heavy atom. The molecule has 4 atom stereocenters. The van der Waals surface area contributed by atoms with Crippen molar-refractivity contribution in [3.63, 3.8) is 0 Å². The Labute approximate surface area is 209 Å². The molecule has 196 valence electrons. The second kappa shape index (κ2) is 11.9. The molecule has 0 radical (unpaired) electrons. The highest BCUT2D eigenvalue weighted by atomic mass is 32.2. The summed E-state index contributed by atoms with van der Waals surface area (Å²) in [5, 5.41) is 0.163. The fourth-order valence-electron chi connectivity index (χ4n) is 2.99. The molecule has 1 aliphatic heterocycles. The average Bonchev–Trinajstić information content (AvgIpc) is 3.45. The third kappa shape index (κ3) is 8.92. The molecule has 0 aromatic rings. The average molecular weight is 523 g/mol. The maximum atomic E-state index is 12.2. The van der Waals surface area contributed by atoms with Crippen LogP contribution in [0.25, 0.3) is 0 Å². The molecule has 0 aliphatic carbocycles. The second-order valence-corrected chi connectivity index (χ2v) is 22.7. The summed E-state index contributed by atoms with van der Waals surface area (Å²) >= 11 is 1.79. The van der Waals surface area contributed by atoms with Gasteiger partial charge in [0.2, 0.25) is 0 Å². The normalized spacial score (nSPS) is 20.5. The van der Waals surface area contributed by atoms with Gasteiger partial charge in [0.1, 0.15) is 18.3 Å². The Bertz CT molecular complexity index is 619. The number of ether oxygens (including phenoxy) is 3. The molecule has 1 heterocycles. The number of thioether (sulfide) groups is 1. The second-order valence-electron chi connectivity index (χ2n) is 11.9. The maximum Gasteiger partial charge on any atom is 0.303 e. The Balaban J connectivity index is 3.61. The predicted octanol–water partition coefficient (Wildman–Crippen LogP) is 6.21. The van der Waals surface area contributed by atoms with E-state index in [1.54, 1.807) is 11.8 Å². The van der Waals surface area contributed by atoms with Gasteiger partial charge in [-0.3, -0.25) is 4.79 Å². The first kappa shape index (κ1) is 31.1. The number of hydrogen-bond donors (Lipinski definition) is 0. The fraction of sp³-hybridized carbons (Fsp3) is 0.958. The number of carbonyl (C=O) groups excluding carboxylic acids is 1. The predicted molar refractivity (Wildman–Crippen MR) is 143 cm³/mol. The van der Waals surface area contributed by atoms with E-state index in [4.69, 9.17) is 23.1 Å². The highest BCUT2D eigenvalue weighted by molar-refractivity contribution is 8.07. The number of carbonyl (C=O) groups is 1. The lowest BCUT2D eigenvalue weighted by Gasteiger charge is -2.48. The van der Waals surface area contributed by atoms with Crippen LogP contribution in [-0.2, 0) is 27.9 Å². The molecule has 0 N–H and O–H groups in total. The monoisotopic (exact) mass is 522 g/mol. The standard InChI is InChI=1S/C24H50O6SSi2/c1-14-26-22(27-15-2)21(30-33(12,13)24(7,8)9)20(29-32(10,11)23(4,5)6)19(18-16-31-18)28-17(3)25/h18-22H,14-16H2,1-13H3/t18-,19+,20+,21+/m0/s1. The van der Waals surface area contributed by atoms with E-state index in [2.05, 4.69) is 67.7 Å². The molecule has 1 aliphatic rings. The molecule has 1 fully saturated rings. The summed E-state index contributed by atoms with van der Waals surface area (Å²) in [6.45, 7) is 28.6. The van der Waals surface area contributed by atoms with Crippen LogP contribution in [0.4, 0.5) is 0 Å². The van der Waals surface area contributed by atoms with Gasteiger partial charge in [-0.05, 0) is 50.1 Å². The van der Waals surface area contributed by atoms with Gasteiger partial charge in [-0.15, -0.1) is 0 Å². The Kier molecular flexibility index (Phi) is 11.2. The van der Waals surface area contributed by atoms with Crippen LogP contribution in [-0.4, -0.2) is 71.4 Å². The number of hydrogen-bond acceptors (Lipinski definition) is 7. The van der Waals surface area contributed by atoms with Gasteiger partial charge in [-0.1, -0.05) is 41.5 Å². The van der Waals surface area contributed by atoms with Crippen molar-refractivity contribution in [2.75, 3.05) is 19.0 Å². The molecule has 6 nitrogen and oxygen atoms in total. The molecule has 0 unspecified atom stereocenters. The lowest BCUT2D eigenvalue weighted by Crippen LogP contribution is -2.60. The van der Waals surface area contributed by atoms with Crippen molar-refractivity contribution in [1.82, 2.24) is 0 Å². The lowest BCUT2D eigenvalue weighted by molar-refractivity contribution is -0.217. The van der Waals surface area contributed by atoms with Crippen LogP contribution in [0.5, 0.6) is 0 Å². The first-order chi connectivity index (χ1) is 14.9. The molecule has 1 saturated heterocycles. The molecule has 33 heavy (non-hydrogen) atoms. The van der Waals surface area contributed by atoms with Crippen molar-refractivity contribution in [2.24, 2.45) is 0 Å². The van der Waals surface area contributed by atoms with Crippen LogP contribution in [0.2, 0.25) is 36.3 Å². The summed E-state index contributed by atoms with van der Waals surface area (Å²) in [4.78, 5) is 12.2. The van der Waals surface area contributed by atoms with E-state index in [0.29, 0.717) is 13.2 Å². The van der Waals surface area contributed by atoms with Gasteiger partial charge < -0.3 is 23.1 Å². The van der Waals surface area contributed by atoms with Crippen molar-refractivity contribution < 1.29 is 27.9 Å². The molecule has 0 saturated carbocycles. The first-order valence-corrected chi connectivity index (χ1v) is 19.1. The van der Waals surface area contributed by atoms with Crippen molar-refractivity contribution >= 4 is 34.4 Å². The van der Waals surface area contributed by atoms with Gasteiger partial charge in [0.25, 0.3) is 0 Å². The number of esters is 1. The van der Waals surface area contributed by atoms with Gasteiger partial charge >= 0.3 is 5.97 Å². The highest BCUT2D eigenvalue weighted by Gasteiger charge is 2.53. The minimum atomic E-state index is -2.25. The third-order valence-corrected chi connectivity index (χ3v) is 17.0. The molecule has 1 rings (SSSR count). The van der Waals surface area contributed by atoms with Gasteiger partial charge in [-0.25, -0.2) is 0 Å². The lowest BCUT2D eigenvalue weighted by atomic mass is 10.1. The smallest absolute Gasteiger partial charge is 0.303 e. The molecule has 0 aromatic carbocycles. The SMILES string of the molecule is CCOC(OCC)[C@H](O[Si](C)(C)C(C)(C)C)[C@H](O[Si](C)(C)C(C)(C)C)[C@H](OC(C)=O)[C@@H]1CS1. The highest BCUT2D eigenvalue weighted by Crippen LogP contribution is 2.45. The summed E-state index contributed by atoms with van der Waals surface area (Å²) in [6.07, 6.45) is -2.01. The van der Waals surface area contributed by atoms with Crippen LogP contribution < -0.4 is 0 Å². The zero-order chi connectivity index (χ0) is 25.8. The molecule has 0 spiro atoms. The van der Waals surface area contributed by atoms with Crippen molar-refractivity contribution in [3.8, 4) is 0 Å². The van der Waals surface area contributed by atoms with Crippen LogP contribution in [0.1, 0.15) is 62.3 Å². The van der Waals surface area contributed by atoms with Crippen LogP contribution in [0.3, 0.4) is 0 Å². The summed E-state index contributed by atoms with van der Waals surface area (Å²) in [7, 11) is -4.50. The molecule has 0 aromatic heterocycles. The Morgan fingerprint density at radius 3 is 1.58 bits per heavy atom. The fourth-order valence-corrected chi connectivity index (χ4v) is 6.27. The van der Waals surface area contributed by atoms with E-state index in [-0.39, 0.29) is 21.3 Å². The van der Waals surface area contributed by atoms with Crippen molar-refractivity contribution in [2.45, 2.75) is 128 Å². The van der Waals surface area contributed by atoms with Gasteiger partial charge in [0.05, 0.1) is 5.25 Å². The zero-order valence-corrected chi connectivity index (χ0v) is 26.2. The summed E-state index contributed by atoms with van der Waals surface area (Å²) in [5.74, 6) is 0.641. The van der Waals surface area contributed by atoms with Gasteiger partial charge in [0.15, 0.2) is 22.9 Å². The molecular formula is C24H50O6SSi2. The third-order valence-electron chi connectivity index (χ3n) is 7.08. The van der Waals surface area contributed by atoms with Crippen molar-refractivity contribution in [1.29, 1.82) is 0 Å². The zero-order valence-electron chi connectivity index (χ0n) is 23.4. The van der Waals surface area contributed by atoms with Crippen LogP contribution in [0, 0.1) is 0 Å². The van der Waals surface area contributed by atoms with Crippen LogP contribution >= 0.6 is 11.8 Å². The van der Waals surface area contributed by atoms with Gasteiger partial charge in [0, 0.05) is 25.9 Å². The molecule has 9 heteroatoms. The topological polar surface area (TPSA) is 63.2 Å². The first-order valence-electron chi connectivity index (χ1n) is 12.3. The molecule has 0 amide bonds. The minimum absolute atomic E-state index is 0.0129. The Morgan fingerprint density at radius 1 is 0.879 bits per heavy atom.